The quantitative estimate of drug-likeness (QED) is 0.916. The summed E-state index contributed by atoms with van der Waals surface area (Å²) < 4.78 is 25.1. The molecule has 1 saturated heterocycles. The monoisotopic (exact) mass is 269 g/mol. The molecule has 0 bridgehead atoms. The van der Waals surface area contributed by atoms with Gasteiger partial charge in [-0.25, -0.2) is 13.6 Å². The van der Waals surface area contributed by atoms with Crippen LogP contribution in [0.1, 0.15) is 35.2 Å². The van der Waals surface area contributed by atoms with Crippen LogP contribution >= 0.6 is 0 Å². The lowest BCUT2D eigenvalue weighted by Crippen LogP contribution is -2.40. The average Bonchev–Trinajstić information content (AvgIpc) is 2.87. The van der Waals surface area contributed by atoms with E-state index >= 15 is 0 Å². The van der Waals surface area contributed by atoms with Gasteiger partial charge in [0.2, 0.25) is 0 Å². The standard InChI is InChI=1S/C13H13F2NO3/c14-11(15)8-3-1-4-9(7-8)12(17)16-6-2-5-10(16)13(18)19/h1,3-4,7,10-11H,2,5-6H2,(H,18,19). The summed E-state index contributed by atoms with van der Waals surface area (Å²) in [6.07, 6.45) is -1.64. The fourth-order valence-electron chi connectivity index (χ4n) is 2.24. The van der Waals surface area contributed by atoms with Crippen molar-refractivity contribution in [1.82, 2.24) is 4.90 Å². The van der Waals surface area contributed by atoms with Crippen LogP contribution in [0.2, 0.25) is 0 Å². The van der Waals surface area contributed by atoms with E-state index in [0.717, 1.165) is 6.07 Å². The predicted molar refractivity (Wildman–Crippen MR) is 63.1 cm³/mol. The van der Waals surface area contributed by atoms with Crippen molar-refractivity contribution in [2.24, 2.45) is 0 Å². The first kappa shape index (κ1) is 13.5. The molecule has 1 unspecified atom stereocenters. The number of amides is 1. The van der Waals surface area contributed by atoms with E-state index < -0.39 is 24.3 Å². The number of benzene rings is 1. The Kier molecular flexibility index (Phi) is 3.78. The van der Waals surface area contributed by atoms with Crippen molar-refractivity contribution in [2.75, 3.05) is 6.54 Å². The molecule has 1 aromatic carbocycles. The summed E-state index contributed by atoms with van der Waals surface area (Å²) in [5, 5.41) is 9.01. The van der Waals surface area contributed by atoms with Crippen molar-refractivity contribution in [1.29, 1.82) is 0 Å². The van der Waals surface area contributed by atoms with Gasteiger partial charge >= 0.3 is 5.97 Å². The van der Waals surface area contributed by atoms with Gasteiger partial charge in [0.25, 0.3) is 12.3 Å². The Morgan fingerprint density at radius 3 is 2.74 bits per heavy atom. The van der Waals surface area contributed by atoms with Crippen LogP contribution in [0.25, 0.3) is 0 Å². The van der Waals surface area contributed by atoms with E-state index in [2.05, 4.69) is 0 Å². The van der Waals surface area contributed by atoms with E-state index in [1.807, 2.05) is 0 Å². The zero-order chi connectivity index (χ0) is 14.0. The molecule has 0 aromatic heterocycles. The molecule has 1 aromatic rings. The molecule has 1 aliphatic heterocycles. The van der Waals surface area contributed by atoms with Gasteiger partial charge in [0.05, 0.1) is 0 Å². The number of carboxylic acid groups (broad SMARTS) is 1. The third-order valence-electron chi connectivity index (χ3n) is 3.18. The Morgan fingerprint density at radius 2 is 2.11 bits per heavy atom. The molecule has 1 aliphatic rings. The molecule has 2 rings (SSSR count). The highest BCUT2D eigenvalue weighted by Crippen LogP contribution is 2.23. The van der Waals surface area contributed by atoms with Crippen molar-refractivity contribution in [2.45, 2.75) is 25.3 Å². The fourth-order valence-corrected chi connectivity index (χ4v) is 2.24. The van der Waals surface area contributed by atoms with Crippen LogP contribution in [0.15, 0.2) is 24.3 Å². The number of hydrogen-bond acceptors (Lipinski definition) is 2. The highest BCUT2D eigenvalue weighted by Gasteiger charge is 2.34. The fraction of sp³-hybridized carbons (Fsp3) is 0.385. The minimum atomic E-state index is -2.65. The third-order valence-corrected chi connectivity index (χ3v) is 3.18. The topological polar surface area (TPSA) is 57.6 Å². The number of carbonyl (C=O) groups is 2. The molecule has 1 heterocycles. The van der Waals surface area contributed by atoms with E-state index in [9.17, 15) is 18.4 Å². The Morgan fingerprint density at radius 1 is 1.37 bits per heavy atom. The highest BCUT2D eigenvalue weighted by atomic mass is 19.3. The predicted octanol–water partition coefficient (Wildman–Crippen LogP) is 2.31. The molecule has 1 atom stereocenters. The van der Waals surface area contributed by atoms with E-state index in [1.54, 1.807) is 0 Å². The summed E-state index contributed by atoms with van der Waals surface area (Å²) in [5.41, 5.74) is -0.136. The summed E-state index contributed by atoms with van der Waals surface area (Å²) in [5.74, 6) is -1.57. The first-order chi connectivity index (χ1) is 9.00. The van der Waals surface area contributed by atoms with Crippen molar-refractivity contribution >= 4 is 11.9 Å². The van der Waals surface area contributed by atoms with E-state index in [0.29, 0.717) is 19.4 Å². The van der Waals surface area contributed by atoms with Crippen LogP contribution in [-0.4, -0.2) is 34.5 Å². The van der Waals surface area contributed by atoms with Gasteiger partial charge in [-0.3, -0.25) is 4.79 Å². The first-order valence-electron chi connectivity index (χ1n) is 5.92. The van der Waals surface area contributed by atoms with Crippen LogP contribution in [-0.2, 0) is 4.79 Å². The van der Waals surface area contributed by atoms with Gasteiger partial charge in [0.15, 0.2) is 0 Å². The minimum Gasteiger partial charge on any atom is -0.480 e. The smallest absolute Gasteiger partial charge is 0.326 e. The second-order valence-corrected chi connectivity index (χ2v) is 4.42. The molecule has 1 fully saturated rings. The Balaban J connectivity index is 2.24. The van der Waals surface area contributed by atoms with Crippen molar-refractivity contribution in [3.05, 3.63) is 35.4 Å². The van der Waals surface area contributed by atoms with Crippen molar-refractivity contribution in [3.63, 3.8) is 0 Å². The zero-order valence-corrected chi connectivity index (χ0v) is 10.1. The van der Waals surface area contributed by atoms with Crippen LogP contribution in [0.4, 0.5) is 8.78 Å². The normalized spacial score (nSPS) is 18.9. The second kappa shape index (κ2) is 5.34. The van der Waals surface area contributed by atoms with Gasteiger partial charge in [0, 0.05) is 17.7 Å². The lowest BCUT2D eigenvalue weighted by atomic mass is 10.1. The Hall–Kier alpha value is -1.98. The number of likely N-dealkylation sites (tertiary alicyclic amines) is 1. The molecule has 0 radical (unpaired) electrons. The molecular formula is C13H13F2NO3. The van der Waals surface area contributed by atoms with E-state index in [-0.39, 0.29) is 11.1 Å². The minimum absolute atomic E-state index is 0.103. The van der Waals surface area contributed by atoms with Crippen molar-refractivity contribution in [3.8, 4) is 0 Å². The van der Waals surface area contributed by atoms with Gasteiger partial charge in [-0.05, 0) is 25.0 Å². The maximum Gasteiger partial charge on any atom is 0.326 e. The molecule has 0 aliphatic carbocycles. The molecule has 19 heavy (non-hydrogen) atoms. The Bertz CT molecular complexity index is 504. The third kappa shape index (κ3) is 2.72. The molecule has 4 nitrogen and oxygen atoms in total. The van der Waals surface area contributed by atoms with Gasteiger partial charge in [-0.15, -0.1) is 0 Å². The summed E-state index contributed by atoms with van der Waals surface area (Å²) in [6.45, 7) is 0.342. The van der Waals surface area contributed by atoms with Crippen LogP contribution in [0.3, 0.4) is 0 Å². The van der Waals surface area contributed by atoms with Gasteiger partial charge in [-0.2, -0.15) is 0 Å². The molecule has 1 N–H and O–H groups in total. The number of aliphatic carboxylic acids is 1. The van der Waals surface area contributed by atoms with E-state index in [4.69, 9.17) is 5.11 Å². The summed E-state index contributed by atoms with van der Waals surface area (Å²) in [7, 11) is 0. The molecule has 0 spiro atoms. The SMILES string of the molecule is O=C(O)C1CCCN1C(=O)c1cccc(C(F)F)c1. The average molecular weight is 269 g/mol. The number of alkyl halides is 2. The second-order valence-electron chi connectivity index (χ2n) is 4.42. The van der Waals surface area contributed by atoms with E-state index in [1.165, 1.54) is 23.1 Å². The lowest BCUT2D eigenvalue weighted by Gasteiger charge is -2.21. The lowest BCUT2D eigenvalue weighted by molar-refractivity contribution is -0.141. The largest absolute Gasteiger partial charge is 0.480 e. The number of carbonyl (C=O) groups excluding carboxylic acids is 1. The highest BCUT2D eigenvalue weighted by molar-refractivity contribution is 5.97. The van der Waals surface area contributed by atoms with Crippen molar-refractivity contribution < 1.29 is 23.5 Å². The van der Waals surface area contributed by atoms with Gasteiger partial charge < -0.3 is 10.0 Å². The molecular weight excluding hydrogens is 256 g/mol. The molecule has 1 amide bonds. The van der Waals surface area contributed by atoms with Crippen LogP contribution in [0, 0.1) is 0 Å². The molecule has 0 saturated carbocycles. The number of hydrogen-bond donors (Lipinski definition) is 1. The van der Waals surface area contributed by atoms with Gasteiger partial charge in [-0.1, -0.05) is 12.1 Å². The molecule has 6 heteroatoms. The maximum atomic E-state index is 12.6. The number of nitrogens with zero attached hydrogens (tertiary/aromatic N) is 1. The van der Waals surface area contributed by atoms with Gasteiger partial charge in [0.1, 0.15) is 6.04 Å². The zero-order valence-electron chi connectivity index (χ0n) is 10.1. The van der Waals surface area contributed by atoms with Crippen LogP contribution in [0.5, 0.6) is 0 Å². The Labute approximate surface area is 108 Å². The van der Waals surface area contributed by atoms with Crippen LogP contribution < -0.4 is 0 Å². The summed E-state index contributed by atoms with van der Waals surface area (Å²) >= 11 is 0. The summed E-state index contributed by atoms with van der Waals surface area (Å²) in [4.78, 5) is 24.4. The maximum absolute atomic E-state index is 12.6. The number of rotatable bonds is 3. The number of carboxylic acids is 1. The first-order valence-corrected chi connectivity index (χ1v) is 5.92. The molecule has 102 valence electrons. The number of halogens is 2. The summed E-state index contributed by atoms with van der Waals surface area (Å²) in [6, 6.07) is 4.29.